The van der Waals surface area contributed by atoms with Crippen molar-refractivity contribution in [2.75, 3.05) is 6.54 Å². The lowest BCUT2D eigenvalue weighted by Crippen LogP contribution is -2.45. The monoisotopic (exact) mass is 202 g/mol. The summed E-state index contributed by atoms with van der Waals surface area (Å²) in [6.07, 6.45) is 0.981. The van der Waals surface area contributed by atoms with Gasteiger partial charge in [-0.1, -0.05) is 20.3 Å². The molecular weight excluding hydrogens is 184 g/mol. The van der Waals surface area contributed by atoms with Crippen LogP contribution >= 0.6 is 0 Å². The molecule has 2 unspecified atom stereocenters. The minimum atomic E-state index is -1.04. The molecule has 0 saturated carbocycles. The molecule has 2 atom stereocenters. The van der Waals surface area contributed by atoms with Crippen LogP contribution in [0.15, 0.2) is 0 Å². The number of hydrogen-bond donors (Lipinski definition) is 3. The fourth-order valence-electron chi connectivity index (χ4n) is 0.721. The number of nitrogens with one attached hydrogen (secondary N) is 2. The van der Waals surface area contributed by atoms with Gasteiger partial charge in [-0.25, -0.2) is 4.79 Å². The van der Waals surface area contributed by atoms with E-state index in [9.17, 15) is 9.59 Å². The van der Waals surface area contributed by atoms with Crippen LogP contribution in [0, 0.1) is 5.92 Å². The molecule has 0 aromatic carbocycles. The molecule has 0 spiro atoms. The van der Waals surface area contributed by atoms with E-state index in [1.807, 2.05) is 13.8 Å². The fourth-order valence-corrected chi connectivity index (χ4v) is 0.721. The first-order valence-electron chi connectivity index (χ1n) is 4.74. The molecule has 82 valence electrons. The van der Waals surface area contributed by atoms with Gasteiger partial charge in [0.15, 0.2) is 0 Å². The Labute approximate surface area is 83.9 Å². The average molecular weight is 202 g/mol. The quantitative estimate of drug-likeness (QED) is 0.617. The van der Waals surface area contributed by atoms with Gasteiger partial charge >= 0.3 is 12.0 Å². The summed E-state index contributed by atoms with van der Waals surface area (Å²) in [6, 6.07) is -1.29. The highest BCUT2D eigenvalue weighted by molar-refractivity contribution is 5.82. The third kappa shape index (κ3) is 5.40. The van der Waals surface area contributed by atoms with E-state index in [0.717, 1.165) is 6.42 Å². The molecule has 5 heteroatoms. The summed E-state index contributed by atoms with van der Waals surface area (Å²) in [5.74, 6) is -0.635. The Morgan fingerprint density at radius 2 is 1.93 bits per heavy atom. The summed E-state index contributed by atoms with van der Waals surface area (Å²) >= 11 is 0. The zero-order chi connectivity index (χ0) is 11.1. The van der Waals surface area contributed by atoms with Gasteiger partial charge in [-0.05, 0) is 12.8 Å². The summed E-state index contributed by atoms with van der Waals surface area (Å²) in [7, 11) is 0. The van der Waals surface area contributed by atoms with Crippen LogP contribution in [-0.2, 0) is 4.79 Å². The molecule has 0 aliphatic rings. The van der Waals surface area contributed by atoms with Gasteiger partial charge in [0.1, 0.15) is 6.04 Å². The van der Waals surface area contributed by atoms with Crippen molar-refractivity contribution in [3.05, 3.63) is 0 Å². The van der Waals surface area contributed by atoms with Crippen LogP contribution in [0.25, 0.3) is 0 Å². The first kappa shape index (κ1) is 12.7. The summed E-state index contributed by atoms with van der Waals surface area (Å²) in [5, 5.41) is 13.4. The third-order valence-corrected chi connectivity index (χ3v) is 2.03. The molecule has 0 aliphatic carbocycles. The minimum absolute atomic E-state index is 0.404. The zero-order valence-electron chi connectivity index (χ0n) is 8.83. The molecule has 5 nitrogen and oxygen atoms in total. The van der Waals surface area contributed by atoms with E-state index in [4.69, 9.17) is 5.11 Å². The molecule has 0 aromatic heterocycles. The molecule has 2 amide bonds. The molecule has 0 bridgehead atoms. The fraction of sp³-hybridized carbons (Fsp3) is 0.778. The largest absolute Gasteiger partial charge is 0.480 e. The Morgan fingerprint density at radius 1 is 1.36 bits per heavy atom. The molecular formula is C9H18N2O3. The van der Waals surface area contributed by atoms with Crippen molar-refractivity contribution in [2.24, 2.45) is 5.92 Å². The summed E-state index contributed by atoms with van der Waals surface area (Å²) < 4.78 is 0. The Morgan fingerprint density at radius 3 is 2.36 bits per heavy atom. The highest BCUT2D eigenvalue weighted by Crippen LogP contribution is 1.96. The second-order valence-corrected chi connectivity index (χ2v) is 3.43. The molecule has 0 saturated heterocycles. The van der Waals surface area contributed by atoms with Gasteiger partial charge in [0.05, 0.1) is 0 Å². The maximum Gasteiger partial charge on any atom is 0.325 e. The number of hydrogen-bond acceptors (Lipinski definition) is 2. The van der Waals surface area contributed by atoms with Crippen molar-refractivity contribution < 1.29 is 14.7 Å². The predicted octanol–water partition coefficient (Wildman–Crippen LogP) is 0.805. The Bertz CT molecular complexity index is 206. The topological polar surface area (TPSA) is 78.4 Å². The number of urea groups is 1. The van der Waals surface area contributed by atoms with E-state index in [1.54, 1.807) is 0 Å². The Hall–Kier alpha value is -1.26. The smallest absolute Gasteiger partial charge is 0.325 e. The Balaban J connectivity index is 3.71. The van der Waals surface area contributed by atoms with E-state index < -0.39 is 18.0 Å². The zero-order valence-corrected chi connectivity index (χ0v) is 8.83. The van der Waals surface area contributed by atoms with Gasteiger partial charge in [-0.2, -0.15) is 0 Å². The van der Waals surface area contributed by atoms with Crippen LogP contribution < -0.4 is 10.6 Å². The van der Waals surface area contributed by atoms with Crippen molar-refractivity contribution in [3.8, 4) is 0 Å². The molecule has 0 rings (SSSR count). The number of aliphatic carboxylic acids is 1. The third-order valence-electron chi connectivity index (χ3n) is 2.03. The van der Waals surface area contributed by atoms with Gasteiger partial charge in [0.25, 0.3) is 0 Å². The van der Waals surface area contributed by atoms with Gasteiger partial charge in [0.2, 0.25) is 0 Å². The molecule has 0 fully saturated rings. The van der Waals surface area contributed by atoms with E-state index in [0.29, 0.717) is 12.5 Å². The standard InChI is InChI=1S/C9H18N2O3/c1-4-6(2)5-10-9(14)11-7(3)8(12)13/h6-7H,4-5H2,1-3H3,(H,12,13)(H2,10,11,14). The number of amides is 2. The van der Waals surface area contributed by atoms with Crippen LogP contribution in [0.2, 0.25) is 0 Å². The molecule has 0 heterocycles. The first-order valence-corrected chi connectivity index (χ1v) is 4.74. The number of carbonyl (C=O) groups is 2. The molecule has 0 aromatic rings. The number of carboxylic acids is 1. The number of rotatable bonds is 5. The summed E-state index contributed by atoms with van der Waals surface area (Å²) in [5.41, 5.74) is 0. The lowest BCUT2D eigenvalue weighted by atomic mass is 10.1. The second kappa shape index (κ2) is 6.23. The van der Waals surface area contributed by atoms with Crippen molar-refractivity contribution in [1.29, 1.82) is 0 Å². The predicted molar refractivity (Wildman–Crippen MR) is 53.1 cm³/mol. The van der Waals surface area contributed by atoms with Crippen molar-refractivity contribution >= 4 is 12.0 Å². The summed E-state index contributed by atoms with van der Waals surface area (Å²) in [4.78, 5) is 21.5. The molecule has 0 aliphatic heterocycles. The maximum atomic E-state index is 11.1. The van der Waals surface area contributed by atoms with Gasteiger partial charge in [-0.3, -0.25) is 4.79 Å². The van der Waals surface area contributed by atoms with Crippen LogP contribution in [0.3, 0.4) is 0 Å². The molecule has 14 heavy (non-hydrogen) atoms. The highest BCUT2D eigenvalue weighted by atomic mass is 16.4. The lowest BCUT2D eigenvalue weighted by molar-refractivity contribution is -0.138. The van der Waals surface area contributed by atoms with E-state index in [-0.39, 0.29) is 0 Å². The Kier molecular flexibility index (Phi) is 5.67. The van der Waals surface area contributed by atoms with E-state index in [1.165, 1.54) is 6.92 Å². The van der Waals surface area contributed by atoms with Gasteiger partial charge < -0.3 is 15.7 Å². The molecule has 0 radical (unpaired) electrons. The molecule has 3 N–H and O–H groups in total. The van der Waals surface area contributed by atoms with Crippen molar-refractivity contribution in [2.45, 2.75) is 33.2 Å². The van der Waals surface area contributed by atoms with E-state index >= 15 is 0 Å². The second-order valence-electron chi connectivity index (χ2n) is 3.43. The van der Waals surface area contributed by atoms with E-state index in [2.05, 4.69) is 10.6 Å². The van der Waals surface area contributed by atoms with Crippen LogP contribution in [0.5, 0.6) is 0 Å². The van der Waals surface area contributed by atoms with Crippen LogP contribution in [0.4, 0.5) is 4.79 Å². The average Bonchev–Trinajstić information content (AvgIpc) is 2.13. The SMILES string of the molecule is CCC(C)CNC(=O)NC(C)C(=O)O. The highest BCUT2D eigenvalue weighted by Gasteiger charge is 2.13. The van der Waals surface area contributed by atoms with Gasteiger partial charge in [-0.15, -0.1) is 0 Å². The summed E-state index contributed by atoms with van der Waals surface area (Å²) in [6.45, 7) is 6.03. The number of carboxylic acid groups (broad SMARTS) is 1. The number of carbonyl (C=O) groups excluding carboxylic acids is 1. The lowest BCUT2D eigenvalue weighted by Gasteiger charge is -2.13. The first-order chi connectivity index (χ1) is 6.47. The van der Waals surface area contributed by atoms with Crippen LogP contribution in [0.1, 0.15) is 27.2 Å². The van der Waals surface area contributed by atoms with Gasteiger partial charge in [0, 0.05) is 6.54 Å². The normalized spacial score (nSPS) is 14.2. The maximum absolute atomic E-state index is 11.1. The van der Waals surface area contributed by atoms with Crippen molar-refractivity contribution in [3.63, 3.8) is 0 Å². The van der Waals surface area contributed by atoms with Crippen molar-refractivity contribution in [1.82, 2.24) is 10.6 Å². The van der Waals surface area contributed by atoms with Crippen LogP contribution in [-0.4, -0.2) is 29.7 Å². The minimum Gasteiger partial charge on any atom is -0.480 e.